The molecule has 0 aliphatic heterocycles. The topological polar surface area (TPSA) is 88.5 Å². The first-order chi connectivity index (χ1) is 10.8. The molecular formula is C16H18N2O4S. The Morgan fingerprint density at radius 3 is 2.74 bits per heavy atom. The molecule has 1 amide bonds. The fraction of sp³-hybridized carbons (Fsp3) is 0.312. The number of nitrogens with one attached hydrogen (secondary N) is 1. The fourth-order valence-corrected chi connectivity index (χ4v) is 2.83. The summed E-state index contributed by atoms with van der Waals surface area (Å²) in [6, 6.07) is 6.61. The first kappa shape index (κ1) is 17.0. The van der Waals surface area contributed by atoms with Crippen LogP contribution in [0.5, 0.6) is 5.75 Å². The Morgan fingerprint density at radius 1 is 1.35 bits per heavy atom. The van der Waals surface area contributed by atoms with E-state index < -0.39 is 12.6 Å². The summed E-state index contributed by atoms with van der Waals surface area (Å²) < 4.78 is 5.10. The fourth-order valence-electron chi connectivity index (χ4n) is 1.94. The van der Waals surface area contributed by atoms with Gasteiger partial charge in [-0.3, -0.25) is 4.79 Å². The highest BCUT2D eigenvalue weighted by molar-refractivity contribution is 7.12. The normalized spacial score (nSPS) is 11.1. The molecular weight excluding hydrogens is 316 g/mol. The number of nitrogens with zero attached hydrogens (tertiary/aromatic N) is 1. The van der Waals surface area contributed by atoms with Gasteiger partial charge in [0.1, 0.15) is 10.6 Å². The van der Waals surface area contributed by atoms with Crippen LogP contribution in [0.15, 0.2) is 29.8 Å². The largest absolute Gasteiger partial charge is 0.482 e. The smallest absolute Gasteiger partial charge is 0.341 e. The number of benzene rings is 1. The Bertz CT molecular complexity index is 719. The third-order valence-electron chi connectivity index (χ3n) is 2.94. The van der Waals surface area contributed by atoms with Crippen LogP contribution in [0.3, 0.4) is 0 Å². The Balaban J connectivity index is 2.13. The first-order valence-electron chi connectivity index (χ1n) is 6.97. The Morgan fingerprint density at radius 2 is 2.09 bits per heavy atom. The summed E-state index contributed by atoms with van der Waals surface area (Å²) in [4.78, 5) is 27.8. The van der Waals surface area contributed by atoms with Gasteiger partial charge in [-0.25, -0.2) is 9.78 Å². The van der Waals surface area contributed by atoms with Crippen LogP contribution in [0.1, 0.15) is 36.1 Å². The number of ether oxygens (including phenoxy) is 1. The third kappa shape index (κ3) is 4.53. The quantitative estimate of drug-likeness (QED) is 0.877. The van der Waals surface area contributed by atoms with Crippen molar-refractivity contribution in [2.24, 2.45) is 0 Å². The van der Waals surface area contributed by atoms with Gasteiger partial charge in [0.2, 0.25) is 0 Å². The lowest BCUT2D eigenvalue weighted by molar-refractivity contribution is -0.139. The second kappa shape index (κ2) is 6.78. The number of thiazole rings is 1. The molecule has 0 unspecified atom stereocenters. The minimum absolute atomic E-state index is 0.223. The van der Waals surface area contributed by atoms with Crippen molar-refractivity contribution in [3.05, 3.63) is 40.3 Å². The van der Waals surface area contributed by atoms with E-state index in [9.17, 15) is 9.59 Å². The summed E-state index contributed by atoms with van der Waals surface area (Å²) in [6.45, 7) is 5.57. The van der Waals surface area contributed by atoms with E-state index >= 15 is 0 Å². The molecule has 7 heteroatoms. The summed E-state index contributed by atoms with van der Waals surface area (Å²) >= 11 is 1.29. The maximum Gasteiger partial charge on any atom is 0.341 e. The molecule has 0 radical (unpaired) electrons. The van der Waals surface area contributed by atoms with E-state index in [4.69, 9.17) is 9.84 Å². The van der Waals surface area contributed by atoms with Crippen molar-refractivity contribution in [1.82, 2.24) is 4.98 Å². The Hall–Kier alpha value is -2.41. The summed E-state index contributed by atoms with van der Waals surface area (Å²) in [7, 11) is 0. The third-order valence-corrected chi connectivity index (χ3v) is 3.76. The Kier molecular flexibility index (Phi) is 5.00. The average Bonchev–Trinajstić information content (AvgIpc) is 2.95. The molecule has 122 valence electrons. The highest BCUT2D eigenvalue weighted by atomic mass is 32.1. The average molecular weight is 334 g/mol. The van der Waals surface area contributed by atoms with Crippen molar-refractivity contribution < 1.29 is 19.4 Å². The molecule has 0 fully saturated rings. The van der Waals surface area contributed by atoms with Crippen LogP contribution in [0.2, 0.25) is 0 Å². The molecule has 1 heterocycles. The monoisotopic (exact) mass is 334 g/mol. The summed E-state index contributed by atoms with van der Waals surface area (Å²) in [5.74, 6) is -0.919. The predicted octanol–water partition coefficient (Wildman–Crippen LogP) is 3.16. The standard InChI is InChI=1S/C16H18N2O4S/c1-16(2,3)14-13(23-9-17-14)15(21)18-10-5-4-6-11(7-10)22-8-12(19)20/h4-7,9H,8H2,1-3H3,(H,18,21)(H,19,20). The first-order valence-corrected chi connectivity index (χ1v) is 7.85. The molecule has 0 saturated heterocycles. The van der Waals surface area contributed by atoms with Crippen molar-refractivity contribution in [2.75, 3.05) is 11.9 Å². The van der Waals surface area contributed by atoms with Crippen molar-refractivity contribution in [2.45, 2.75) is 26.2 Å². The van der Waals surface area contributed by atoms with E-state index in [0.717, 1.165) is 5.69 Å². The molecule has 2 N–H and O–H groups in total. The second-order valence-electron chi connectivity index (χ2n) is 5.94. The molecule has 6 nitrogen and oxygen atoms in total. The Labute approximate surface area is 138 Å². The van der Waals surface area contributed by atoms with Crippen molar-refractivity contribution >= 4 is 28.9 Å². The minimum atomic E-state index is -1.06. The molecule has 2 aromatic rings. The molecule has 1 aromatic carbocycles. The van der Waals surface area contributed by atoms with Gasteiger partial charge in [0, 0.05) is 17.2 Å². The van der Waals surface area contributed by atoms with Gasteiger partial charge >= 0.3 is 5.97 Å². The van der Waals surface area contributed by atoms with Crippen LogP contribution in [-0.2, 0) is 10.2 Å². The number of carboxylic acid groups (broad SMARTS) is 1. The van der Waals surface area contributed by atoms with Gasteiger partial charge < -0.3 is 15.2 Å². The number of amides is 1. The highest BCUT2D eigenvalue weighted by Gasteiger charge is 2.25. The molecule has 0 bridgehead atoms. The number of rotatable bonds is 5. The number of hydrogen-bond acceptors (Lipinski definition) is 5. The lowest BCUT2D eigenvalue weighted by atomic mass is 9.91. The van der Waals surface area contributed by atoms with Gasteiger partial charge in [0.05, 0.1) is 11.2 Å². The summed E-state index contributed by atoms with van der Waals surface area (Å²) in [5, 5.41) is 11.4. The van der Waals surface area contributed by atoms with Gasteiger partial charge in [-0.1, -0.05) is 26.8 Å². The van der Waals surface area contributed by atoms with Crippen LogP contribution in [0, 0.1) is 0 Å². The van der Waals surface area contributed by atoms with Crippen molar-refractivity contribution in [3.63, 3.8) is 0 Å². The lowest BCUT2D eigenvalue weighted by Gasteiger charge is -2.17. The molecule has 0 spiro atoms. The number of carboxylic acids is 1. The molecule has 0 aliphatic rings. The second-order valence-corrected chi connectivity index (χ2v) is 6.80. The molecule has 2 rings (SSSR count). The molecule has 1 aromatic heterocycles. The van der Waals surface area contributed by atoms with E-state index in [-0.39, 0.29) is 11.3 Å². The zero-order valence-corrected chi connectivity index (χ0v) is 13.9. The van der Waals surface area contributed by atoms with Gasteiger partial charge in [0.25, 0.3) is 5.91 Å². The highest BCUT2D eigenvalue weighted by Crippen LogP contribution is 2.28. The number of anilines is 1. The van der Waals surface area contributed by atoms with E-state index in [1.165, 1.54) is 11.3 Å². The molecule has 0 saturated carbocycles. The van der Waals surface area contributed by atoms with Crippen LogP contribution in [0.4, 0.5) is 5.69 Å². The van der Waals surface area contributed by atoms with Crippen molar-refractivity contribution in [3.8, 4) is 5.75 Å². The molecule has 0 aliphatic carbocycles. The van der Waals surface area contributed by atoms with Crippen LogP contribution in [-0.4, -0.2) is 28.6 Å². The number of aromatic nitrogens is 1. The van der Waals surface area contributed by atoms with Gasteiger partial charge in [-0.2, -0.15) is 0 Å². The van der Waals surface area contributed by atoms with Gasteiger partial charge in [0.15, 0.2) is 6.61 Å². The maximum absolute atomic E-state index is 12.4. The van der Waals surface area contributed by atoms with Gasteiger partial charge in [-0.05, 0) is 12.1 Å². The van der Waals surface area contributed by atoms with Crippen LogP contribution in [0.25, 0.3) is 0 Å². The zero-order valence-electron chi connectivity index (χ0n) is 13.1. The van der Waals surface area contributed by atoms with E-state index in [1.54, 1.807) is 29.8 Å². The minimum Gasteiger partial charge on any atom is -0.482 e. The number of aliphatic carboxylic acids is 1. The zero-order chi connectivity index (χ0) is 17.0. The maximum atomic E-state index is 12.4. The summed E-state index contributed by atoms with van der Waals surface area (Å²) in [5.41, 5.74) is 2.71. The summed E-state index contributed by atoms with van der Waals surface area (Å²) in [6.07, 6.45) is 0. The van der Waals surface area contributed by atoms with E-state index in [0.29, 0.717) is 16.3 Å². The molecule has 0 atom stereocenters. The van der Waals surface area contributed by atoms with E-state index in [2.05, 4.69) is 10.3 Å². The van der Waals surface area contributed by atoms with Crippen molar-refractivity contribution in [1.29, 1.82) is 0 Å². The number of carbonyl (C=O) groups is 2. The van der Waals surface area contributed by atoms with Gasteiger partial charge in [-0.15, -0.1) is 11.3 Å². The van der Waals surface area contributed by atoms with Crippen LogP contribution >= 0.6 is 11.3 Å². The van der Waals surface area contributed by atoms with E-state index in [1.807, 2.05) is 20.8 Å². The SMILES string of the molecule is CC(C)(C)c1ncsc1C(=O)Nc1cccc(OCC(=O)O)c1. The molecule has 23 heavy (non-hydrogen) atoms. The predicted molar refractivity (Wildman–Crippen MR) is 88.3 cm³/mol. The lowest BCUT2D eigenvalue weighted by Crippen LogP contribution is -2.19. The number of hydrogen-bond donors (Lipinski definition) is 2. The number of carbonyl (C=O) groups excluding carboxylic acids is 1. The van der Waals surface area contributed by atoms with Crippen LogP contribution < -0.4 is 10.1 Å².